The van der Waals surface area contributed by atoms with E-state index in [1.807, 2.05) is 35.2 Å². The zero-order chi connectivity index (χ0) is 33.0. The zero-order valence-corrected chi connectivity index (χ0v) is 26.3. The van der Waals surface area contributed by atoms with Crippen molar-refractivity contribution in [1.82, 2.24) is 55.5 Å². The van der Waals surface area contributed by atoms with Gasteiger partial charge in [0.05, 0.1) is 48.7 Å². The van der Waals surface area contributed by atoms with Crippen molar-refractivity contribution in [3.63, 3.8) is 0 Å². The number of ketones is 1. The molecule has 48 heavy (non-hydrogen) atoms. The van der Waals surface area contributed by atoms with E-state index in [-0.39, 0.29) is 17.2 Å². The molecule has 17 nitrogen and oxygen atoms in total. The minimum Gasteiger partial charge on any atom is -0.494 e. The lowest BCUT2D eigenvalue weighted by atomic mass is 10.1. The summed E-state index contributed by atoms with van der Waals surface area (Å²) in [5, 5.41) is 22.5. The summed E-state index contributed by atoms with van der Waals surface area (Å²) in [6, 6.07) is 11.1. The summed E-state index contributed by atoms with van der Waals surface area (Å²) in [5.41, 5.74) is 2.49. The summed E-state index contributed by atoms with van der Waals surface area (Å²) in [6.45, 7) is 5.77. The van der Waals surface area contributed by atoms with Crippen molar-refractivity contribution in [2.24, 2.45) is 0 Å². The normalized spacial score (nSPS) is 15.5. The number of carbonyl (C=O) groups is 3. The maximum Gasteiger partial charge on any atom is 0.295 e. The van der Waals surface area contributed by atoms with Gasteiger partial charge in [-0.05, 0) is 28.6 Å². The van der Waals surface area contributed by atoms with Crippen molar-refractivity contribution in [2.75, 3.05) is 77.6 Å². The number of morpholine rings is 1. The number of fused-ring (bicyclic) bond motifs is 1. The molecule has 4 aromatic heterocycles. The van der Waals surface area contributed by atoms with Crippen LogP contribution in [0.15, 0.2) is 48.8 Å². The van der Waals surface area contributed by atoms with Gasteiger partial charge in [0.1, 0.15) is 22.8 Å². The number of hydrogen-bond donors (Lipinski definition) is 3. The molecule has 248 valence electrons. The molecule has 3 N–H and O–H groups in total. The number of nitrogens with zero attached hydrogens (tertiary/aromatic N) is 9. The first-order chi connectivity index (χ1) is 23.5. The van der Waals surface area contributed by atoms with Crippen LogP contribution in [0.3, 0.4) is 0 Å². The molecule has 2 fully saturated rings. The zero-order valence-electron chi connectivity index (χ0n) is 26.3. The molecule has 5 aromatic rings. The van der Waals surface area contributed by atoms with E-state index in [1.165, 1.54) is 24.4 Å². The van der Waals surface area contributed by atoms with Gasteiger partial charge in [0, 0.05) is 58.6 Å². The highest BCUT2D eigenvalue weighted by Gasteiger charge is 2.31. The molecule has 0 aliphatic carbocycles. The van der Waals surface area contributed by atoms with Crippen LogP contribution in [-0.4, -0.2) is 140 Å². The summed E-state index contributed by atoms with van der Waals surface area (Å²) in [6.07, 6.45) is 2.95. The molecule has 0 bridgehead atoms. The minimum atomic E-state index is -0.679. The van der Waals surface area contributed by atoms with Gasteiger partial charge >= 0.3 is 0 Å². The number of Topliss-reactive ketones (excluding diaryl/α,β-unsaturated/α-hetero) is 1. The number of pyridine rings is 1. The van der Waals surface area contributed by atoms with Gasteiger partial charge < -0.3 is 29.6 Å². The number of methoxy groups -OCH3 is 1. The highest BCUT2D eigenvalue weighted by atomic mass is 16.5. The van der Waals surface area contributed by atoms with E-state index < -0.39 is 11.7 Å². The lowest BCUT2D eigenvalue weighted by Crippen LogP contribution is -2.51. The van der Waals surface area contributed by atoms with Crippen LogP contribution >= 0.6 is 0 Å². The maximum atomic E-state index is 13.7. The molecule has 17 heteroatoms. The van der Waals surface area contributed by atoms with E-state index in [2.05, 4.69) is 45.9 Å². The Bertz CT molecular complexity index is 1920. The van der Waals surface area contributed by atoms with E-state index in [9.17, 15) is 14.4 Å². The number of aromatic nitrogens is 8. The number of piperazine rings is 1. The SMILES string of the molecule is COc1cnc(-c2cc(C(=O)NCCN3CCOCC3)[nH]n2)c2[nH]cc(C(=O)C(=O)N3CCN(c4nnnn4-c4ccccc4)CC3)c12. The third-order valence-corrected chi connectivity index (χ3v) is 8.52. The molecule has 6 heterocycles. The maximum absolute atomic E-state index is 13.7. The summed E-state index contributed by atoms with van der Waals surface area (Å²) in [5.74, 6) is -0.722. The number of rotatable bonds is 10. The number of amides is 2. The Hall–Kier alpha value is -5.68. The standard InChI is InChI=1S/C31H34N12O5/c1-47-24-19-34-26(22-17-23(36-35-22)29(45)32-7-8-40-13-15-48-16-14-40)27-25(24)21(18-33-27)28(44)30(46)41-9-11-42(12-10-41)31-37-38-39-43(31)20-5-3-2-4-6-20/h2-6,17-19,33H,7-16H2,1H3,(H,32,45)(H,35,36). The van der Waals surface area contributed by atoms with E-state index in [0.717, 1.165) is 25.3 Å². The van der Waals surface area contributed by atoms with Crippen LogP contribution in [0.2, 0.25) is 0 Å². The van der Waals surface area contributed by atoms with Gasteiger partial charge in [0.2, 0.25) is 5.95 Å². The Kier molecular flexibility index (Phi) is 8.76. The number of ether oxygens (including phenoxy) is 2. The average molecular weight is 655 g/mol. The molecule has 0 spiro atoms. The predicted octanol–water partition coefficient (Wildman–Crippen LogP) is 0.531. The fraction of sp³-hybridized carbons (Fsp3) is 0.355. The first-order valence-corrected chi connectivity index (χ1v) is 15.6. The van der Waals surface area contributed by atoms with Crippen LogP contribution in [-0.2, 0) is 9.53 Å². The lowest BCUT2D eigenvalue weighted by molar-refractivity contribution is -0.126. The van der Waals surface area contributed by atoms with Crippen molar-refractivity contribution in [1.29, 1.82) is 0 Å². The number of benzene rings is 1. The molecule has 2 aliphatic rings. The predicted molar refractivity (Wildman–Crippen MR) is 172 cm³/mol. The van der Waals surface area contributed by atoms with E-state index in [0.29, 0.717) is 79.9 Å². The second-order valence-electron chi connectivity index (χ2n) is 11.3. The van der Waals surface area contributed by atoms with Crippen LogP contribution < -0.4 is 15.0 Å². The smallest absolute Gasteiger partial charge is 0.295 e. The molecule has 7 rings (SSSR count). The molecular weight excluding hydrogens is 620 g/mol. The fourth-order valence-electron chi connectivity index (χ4n) is 5.94. The Balaban J connectivity index is 1.04. The van der Waals surface area contributed by atoms with Crippen LogP contribution in [0.5, 0.6) is 5.75 Å². The molecule has 2 aliphatic heterocycles. The summed E-state index contributed by atoms with van der Waals surface area (Å²) < 4.78 is 12.6. The highest BCUT2D eigenvalue weighted by Crippen LogP contribution is 2.34. The van der Waals surface area contributed by atoms with Gasteiger partial charge in [0.15, 0.2) is 0 Å². The van der Waals surface area contributed by atoms with Gasteiger partial charge in [-0.1, -0.05) is 23.3 Å². The number of carbonyl (C=O) groups excluding carboxylic acids is 3. The van der Waals surface area contributed by atoms with Crippen molar-refractivity contribution < 1.29 is 23.9 Å². The number of aromatic amines is 2. The van der Waals surface area contributed by atoms with Gasteiger partial charge in [-0.3, -0.25) is 24.4 Å². The molecule has 2 amide bonds. The quantitative estimate of drug-likeness (QED) is 0.140. The fourth-order valence-corrected chi connectivity index (χ4v) is 5.94. The number of H-pyrrole nitrogens is 2. The monoisotopic (exact) mass is 654 g/mol. The third-order valence-electron chi connectivity index (χ3n) is 8.52. The first kappa shape index (κ1) is 30.9. The molecule has 2 saturated heterocycles. The van der Waals surface area contributed by atoms with Gasteiger partial charge in [-0.25, -0.2) is 4.98 Å². The van der Waals surface area contributed by atoms with E-state index in [1.54, 1.807) is 10.7 Å². The Morgan fingerprint density at radius 3 is 2.60 bits per heavy atom. The molecule has 1 aromatic carbocycles. The molecule has 0 atom stereocenters. The highest BCUT2D eigenvalue weighted by molar-refractivity contribution is 6.45. The summed E-state index contributed by atoms with van der Waals surface area (Å²) in [7, 11) is 1.47. The van der Waals surface area contributed by atoms with E-state index >= 15 is 0 Å². The molecule has 0 radical (unpaired) electrons. The van der Waals surface area contributed by atoms with Crippen molar-refractivity contribution >= 4 is 34.4 Å². The number of hydrogen-bond acceptors (Lipinski definition) is 12. The lowest BCUT2D eigenvalue weighted by Gasteiger charge is -2.34. The number of para-hydroxylation sites is 1. The number of nitrogens with one attached hydrogen (secondary N) is 3. The molecule has 0 unspecified atom stereocenters. The third kappa shape index (κ3) is 6.07. The van der Waals surface area contributed by atoms with E-state index in [4.69, 9.17) is 9.47 Å². The van der Waals surface area contributed by atoms with Crippen LogP contribution in [0.4, 0.5) is 5.95 Å². The Morgan fingerprint density at radius 2 is 1.83 bits per heavy atom. The van der Waals surface area contributed by atoms with Gasteiger partial charge in [0.25, 0.3) is 17.6 Å². The summed E-state index contributed by atoms with van der Waals surface area (Å²) >= 11 is 0. The van der Waals surface area contributed by atoms with Gasteiger partial charge in [-0.15, -0.1) is 0 Å². The average Bonchev–Trinajstić information content (AvgIpc) is 3.92. The molecular formula is C31H34N12O5. The summed E-state index contributed by atoms with van der Waals surface area (Å²) in [4.78, 5) is 53.3. The second kappa shape index (κ2) is 13.6. The Labute approximate surface area is 274 Å². The molecule has 0 saturated carbocycles. The largest absolute Gasteiger partial charge is 0.494 e. The van der Waals surface area contributed by atoms with Crippen LogP contribution in [0.1, 0.15) is 20.8 Å². The Morgan fingerprint density at radius 1 is 1.04 bits per heavy atom. The van der Waals surface area contributed by atoms with Crippen LogP contribution in [0, 0.1) is 0 Å². The van der Waals surface area contributed by atoms with Crippen molar-refractivity contribution in [2.45, 2.75) is 0 Å². The van der Waals surface area contributed by atoms with Crippen LogP contribution in [0.25, 0.3) is 28.0 Å². The van der Waals surface area contributed by atoms with Crippen molar-refractivity contribution in [3.05, 3.63) is 60.0 Å². The number of anilines is 1. The van der Waals surface area contributed by atoms with Gasteiger partial charge in [-0.2, -0.15) is 9.78 Å². The second-order valence-corrected chi connectivity index (χ2v) is 11.3. The topological polar surface area (TPSA) is 192 Å². The minimum absolute atomic E-state index is 0.155. The van der Waals surface area contributed by atoms with Crippen molar-refractivity contribution in [3.8, 4) is 22.8 Å². The first-order valence-electron chi connectivity index (χ1n) is 15.6. The number of tetrazole rings is 1.